The van der Waals surface area contributed by atoms with Crippen LogP contribution >= 0.6 is 23.7 Å². The molecule has 0 bridgehead atoms. The van der Waals surface area contributed by atoms with Gasteiger partial charge in [0.05, 0.1) is 17.1 Å². The Kier molecular flexibility index (Phi) is 2.05. The Labute approximate surface area is 96.7 Å². The molecule has 0 radical (unpaired) electrons. The fraction of sp³-hybridized carbons (Fsp3) is 0. The van der Waals surface area contributed by atoms with Crippen LogP contribution in [0.3, 0.4) is 0 Å². The molecule has 0 aliphatic heterocycles. The quantitative estimate of drug-likeness (QED) is 0.726. The van der Waals surface area contributed by atoms with E-state index in [9.17, 15) is 13.4 Å². The SMILES string of the molecule is Oc1c2cc(F)sc2cc2c1cnn2SF. The van der Waals surface area contributed by atoms with E-state index in [1.807, 2.05) is 0 Å². The molecule has 0 spiro atoms. The van der Waals surface area contributed by atoms with E-state index < -0.39 is 0 Å². The average Bonchev–Trinajstić information content (AvgIpc) is 2.81. The first-order valence-corrected chi connectivity index (χ1v) is 5.77. The molecule has 0 aliphatic carbocycles. The highest BCUT2D eigenvalue weighted by atomic mass is 32.2. The first-order valence-electron chi connectivity index (χ1n) is 4.28. The van der Waals surface area contributed by atoms with Crippen molar-refractivity contribution in [3.8, 4) is 5.75 Å². The van der Waals surface area contributed by atoms with Crippen LogP contribution in [0.2, 0.25) is 0 Å². The molecule has 82 valence electrons. The molecule has 1 aromatic carbocycles. The lowest BCUT2D eigenvalue weighted by atomic mass is 10.2. The minimum atomic E-state index is -0.384. The maximum atomic E-state index is 13.0. The summed E-state index contributed by atoms with van der Waals surface area (Å²) in [5.41, 5.74) is 0.430. The summed E-state index contributed by atoms with van der Waals surface area (Å²) < 4.78 is 27.1. The Morgan fingerprint density at radius 2 is 2.19 bits per heavy atom. The standard InChI is InChI=1S/C9H4F2N2OS2/c10-8-1-4-7(15-8)2-6-5(9(4)14)3-12-13(6)16-11/h1-3,14H. The van der Waals surface area contributed by atoms with Crippen molar-refractivity contribution >= 4 is 44.7 Å². The van der Waals surface area contributed by atoms with Gasteiger partial charge in [0.15, 0.2) is 17.5 Å². The Morgan fingerprint density at radius 3 is 2.94 bits per heavy atom. The molecule has 0 unspecified atom stereocenters. The molecule has 0 saturated heterocycles. The highest BCUT2D eigenvalue weighted by molar-refractivity contribution is 7.92. The second-order valence-corrected chi connectivity index (χ2v) is 4.72. The van der Waals surface area contributed by atoms with Crippen LogP contribution < -0.4 is 0 Å². The first-order chi connectivity index (χ1) is 7.70. The van der Waals surface area contributed by atoms with Crippen molar-refractivity contribution in [2.75, 3.05) is 0 Å². The number of aromatic hydroxyl groups is 1. The fourth-order valence-electron chi connectivity index (χ4n) is 1.65. The van der Waals surface area contributed by atoms with Gasteiger partial charge in [-0.05, 0) is 12.1 Å². The predicted octanol–water partition coefficient (Wildman–Crippen LogP) is 3.48. The van der Waals surface area contributed by atoms with Gasteiger partial charge < -0.3 is 5.11 Å². The van der Waals surface area contributed by atoms with Gasteiger partial charge in [0.2, 0.25) is 0 Å². The minimum Gasteiger partial charge on any atom is -0.506 e. The van der Waals surface area contributed by atoms with Crippen LogP contribution in [0, 0.1) is 5.13 Å². The number of phenols is 1. The van der Waals surface area contributed by atoms with Crippen LogP contribution in [-0.4, -0.2) is 14.3 Å². The number of aromatic nitrogens is 2. The van der Waals surface area contributed by atoms with Gasteiger partial charge in [0.25, 0.3) is 0 Å². The van der Waals surface area contributed by atoms with Crippen LogP contribution in [0.5, 0.6) is 5.75 Å². The van der Waals surface area contributed by atoms with Crippen molar-refractivity contribution in [2.45, 2.75) is 0 Å². The Bertz CT molecular complexity index is 691. The van der Waals surface area contributed by atoms with Gasteiger partial charge in [-0.15, -0.1) is 15.2 Å². The van der Waals surface area contributed by atoms with Gasteiger partial charge in [-0.25, -0.2) is 0 Å². The lowest BCUT2D eigenvalue weighted by Crippen LogP contribution is -1.83. The van der Waals surface area contributed by atoms with E-state index in [2.05, 4.69) is 5.10 Å². The van der Waals surface area contributed by atoms with Crippen molar-refractivity contribution in [2.24, 2.45) is 0 Å². The third kappa shape index (κ3) is 1.21. The lowest BCUT2D eigenvalue weighted by Gasteiger charge is -1.98. The van der Waals surface area contributed by atoms with Crippen LogP contribution in [0.25, 0.3) is 21.0 Å². The summed E-state index contributed by atoms with van der Waals surface area (Å²) in [6.07, 6.45) is 1.35. The predicted molar refractivity (Wildman–Crippen MR) is 60.8 cm³/mol. The zero-order valence-corrected chi connectivity index (χ0v) is 9.28. The number of hydrogen-bond acceptors (Lipinski definition) is 4. The van der Waals surface area contributed by atoms with E-state index in [1.54, 1.807) is 6.07 Å². The van der Waals surface area contributed by atoms with E-state index in [4.69, 9.17) is 0 Å². The van der Waals surface area contributed by atoms with Crippen LogP contribution in [0.1, 0.15) is 0 Å². The van der Waals surface area contributed by atoms with Gasteiger partial charge in [-0.3, -0.25) is 0 Å². The summed E-state index contributed by atoms with van der Waals surface area (Å²) in [4.78, 5) is 0. The molecule has 2 heterocycles. The van der Waals surface area contributed by atoms with Gasteiger partial charge >= 0.3 is 0 Å². The Morgan fingerprint density at radius 1 is 1.38 bits per heavy atom. The highest BCUT2D eigenvalue weighted by Crippen LogP contribution is 2.38. The van der Waals surface area contributed by atoms with Crippen LogP contribution in [-0.2, 0) is 0 Å². The molecule has 0 aliphatic rings. The van der Waals surface area contributed by atoms with Crippen molar-refractivity contribution in [3.63, 3.8) is 0 Å². The number of thiophene rings is 1. The number of phenolic OH excluding ortho intramolecular Hbond substituents is 1. The molecule has 0 fully saturated rings. The summed E-state index contributed by atoms with van der Waals surface area (Å²) in [6, 6.07) is 2.87. The summed E-state index contributed by atoms with van der Waals surface area (Å²) in [5.74, 6) is -0.0621. The van der Waals surface area contributed by atoms with Gasteiger partial charge in [-0.1, -0.05) is 0 Å². The second kappa shape index (κ2) is 3.33. The van der Waals surface area contributed by atoms with E-state index in [0.29, 0.717) is 21.0 Å². The van der Waals surface area contributed by atoms with E-state index in [1.165, 1.54) is 12.3 Å². The van der Waals surface area contributed by atoms with Gasteiger partial charge in [0.1, 0.15) is 5.75 Å². The molecule has 2 aromatic heterocycles. The Balaban J connectivity index is 2.51. The number of nitrogens with zero attached hydrogens (tertiary/aromatic N) is 2. The molecule has 0 saturated carbocycles. The smallest absolute Gasteiger partial charge is 0.188 e. The molecular weight excluding hydrogens is 254 g/mol. The van der Waals surface area contributed by atoms with Crippen molar-refractivity contribution in [1.82, 2.24) is 9.19 Å². The number of rotatable bonds is 1. The van der Waals surface area contributed by atoms with Gasteiger partial charge in [0, 0.05) is 10.1 Å². The molecule has 7 heteroatoms. The molecule has 16 heavy (non-hydrogen) atoms. The summed E-state index contributed by atoms with van der Waals surface area (Å²) in [6.45, 7) is 0. The highest BCUT2D eigenvalue weighted by Gasteiger charge is 2.14. The maximum absolute atomic E-state index is 13.0. The topological polar surface area (TPSA) is 38.1 Å². The van der Waals surface area contributed by atoms with E-state index in [-0.39, 0.29) is 23.2 Å². The normalized spacial score (nSPS) is 11.6. The summed E-state index contributed by atoms with van der Waals surface area (Å²) >= 11 is 0.839. The first kappa shape index (κ1) is 9.86. The Hall–Kier alpha value is -1.34. The molecule has 3 aromatic rings. The largest absolute Gasteiger partial charge is 0.506 e. The van der Waals surface area contributed by atoms with Gasteiger partial charge in [-0.2, -0.15) is 13.6 Å². The number of halogens is 2. The average molecular weight is 258 g/mol. The molecule has 0 atom stereocenters. The number of benzene rings is 1. The maximum Gasteiger partial charge on any atom is 0.188 e. The zero-order valence-electron chi connectivity index (χ0n) is 7.65. The molecular formula is C9H4F2N2OS2. The number of hydrogen-bond donors (Lipinski definition) is 1. The third-order valence-corrected chi connectivity index (χ3v) is 3.64. The molecule has 3 nitrogen and oxygen atoms in total. The minimum absolute atomic E-state index is 0.0621. The monoisotopic (exact) mass is 258 g/mol. The van der Waals surface area contributed by atoms with Crippen molar-refractivity contribution in [3.05, 3.63) is 23.5 Å². The van der Waals surface area contributed by atoms with E-state index >= 15 is 0 Å². The lowest BCUT2D eigenvalue weighted by molar-refractivity contribution is 0.487. The van der Waals surface area contributed by atoms with E-state index in [0.717, 1.165) is 15.4 Å². The third-order valence-electron chi connectivity index (χ3n) is 2.35. The fourth-order valence-corrected chi connectivity index (χ4v) is 2.78. The zero-order chi connectivity index (χ0) is 11.3. The molecule has 0 amide bonds. The second-order valence-electron chi connectivity index (χ2n) is 3.21. The van der Waals surface area contributed by atoms with Crippen LogP contribution in [0.4, 0.5) is 8.28 Å². The summed E-state index contributed by atoms with van der Waals surface area (Å²) in [5, 5.41) is 14.1. The van der Waals surface area contributed by atoms with Crippen LogP contribution in [0.15, 0.2) is 18.3 Å². The number of fused-ring (bicyclic) bond motifs is 2. The molecule has 3 rings (SSSR count). The molecule has 1 N–H and O–H groups in total. The van der Waals surface area contributed by atoms with Crippen molar-refractivity contribution < 1.29 is 13.4 Å². The summed E-state index contributed by atoms with van der Waals surface area (Å²) in [7, 11) is 0. The van der Waals surface area contributed by atoms with Crippen molar-refractivity contribution in [1.29, 1.82) is 0 Å².